The molecule has 1 heterocycles. The molecule has 0 atom stereocenters. The van der Waals surface area contributed by atoms with E-state index in [1.54, 1.807) is 11.0 Å². The molecule has 1 N–H and O–H groups in total. The summed E-state index contributed by atoms with van der Waals surface area (Å²) in [5.41, 5.74) is 0. The second-order valence-corrected chi connectivity index (χ2v) is 5.53. The fourth-order valence-electron chi connectivity index (χ4n) is 2.78. The summed E-state index contributed by atoms with van der Waals surface area (Å²) in [6, 6.07) is 1.57. The quantitative estimate of drug-likeness (QED) is 0.874. The third-order valence-corrected chi connectivity index (χ3v) is 3.80. The van der Waals surface area contributed by atoms with Crippen LogP contribution in [0.15, 0.2) is 16.9 Å². The molecule has 0 unspecified atom stereocenters. The Bertz CT molecular complexity index is 453. The van der Waals surface area contributed by atoms with Crippen molar-refractivity contribution in [2.24, 2.45) is 5.92 Å². The van der Waals surface area contributed by atoms with E-state index < -0.39 is 0 Å². The van der Waals surface area contributed by atoms with Gasteiger partial charge in [0.1, 0.15) is 6.26 Å². The molecule has 0 saturated heterocycles. The first-order valence-electron chi connectivity index (χ1n) is 7.69. The van der Waals surface area contributed by atoms with Crippen molar-refractivity contribution in [3.8, 4) is 0 Å². The van der Waals surface area contributed by atoms with Crippen molar-refractivity contribution in [3.63, 3.8) is 0 Å². The number of nitrogens with one attached hydrogen (secondary N) is 1. The highest BCUT2D eigenvalue weighted by atomic mass is 16.5. The molecule has 1 aliphatic rings. The first-order chi connectivity index (χ1) is 10.2. The van der Waals surface area contributed by atoms with Crippen LogP contribution >= 0.6 is 0 Å². The zero-order valence-electron chi connectivity index (χ0n) is 12.5. The average molecular weight is 293 g/mol. The Balaban J connectivity index is 1.90. The molecule has 1 aromatic rings. The Kier molecular flexibility index (Phi) is 5.78. The van der Waals surface area contributed by atoms with Gasteiger partial charge in [-0.1, -0.05) is 31.3 Å². The molecule has 0 aromatic carbocycles. The van der Waals surface area contributed by atoms with Crippen molar-refractivity contribution in [3.05, 3.63) is 12.3 Å². The fourth-order valence-corrected chi connectivity index (χ4v) is 2.78. The zero-order chi connectivity index (χ0) is 15.1. The Morgan fingerprint density at radius 3 is 2.76 bits per heavy atom. The molecule has 0 bridgehead atoms. The van der Waals surface area contributed by atoms with Crippen LogP contribution in [0.2, 0.25) is 0 Å². The van der Waals surface area contributed by atoms with E-state index >= 15 is 0 Å². The summed E-state index contributed by atoms with van der Waals surface area (Å²) in [6.45, 7) is 2.70. The summed E-state index contributed by atoms with van der Waals surface area (Å²) >= 11 is 0. The highest BCUT2D eigenvalue weighted by Gasteiger charge is 2.26. The lowest BCUT2D eigenvalue weighted by molar-refractivity contribution is -0.139. The van der Waals surface area contributed by atoms with E-state index in [1.165, 1.54) is 12.7 Å². The molecule has 6 nitrogen and oxygen atoms in total. The summed E-state index contributed by atoms with van der Waals surface area (Å²) < 4.78 is 4.67. The summed E-state index contributed by atoms with van der Waals surface area (Å²) in [5.74, 6) is 0.347. The molecular weight excluding hydrogens is 270 g/mol. The highest BCUT2D eigenvalue weighted by molar-refractivity contribution is 5.94. The molecule has 1 fully saturated rings. The summed E-state index contributed by atoms with van der Waals surface area (Å²) in [4.78, 5) is 26.2. The summed E-state index contributed by atoms with van der Waals surface area (Å²) in [6.07, 6.45) is 7.57. The van der Waals surface area contributed by atoms with E-state index in [-0.39, 0.29) is 24.3 Å². The Morgan fingerprint density at radius 1 is 1.38 bits per heavy atom. The van der Waals surface area contributed by atoms with Crippen molar-refractivity contribution in [2.75, 3.05) is 18.4 Å². The van der Waals surface area contributed by atoms with E-state index in [1.807, 2.05) is 6.92 Å². The van der Waals surface area contributed by atoms with Crippen molar-refractivity contribution in [1.82, 2.24) is 10.1 Å². The highest BCUT2D eigenvalue weighted by Crippen LogP contribution is 2.25. The van der Waals surface area contributed by atoms with Crippen molar-refractivity contribution >= 4 is 17.6 Å². The van der Waals surface area contributed by atoms with Crippen molar-refractivity contribution in [2.45, 2.75) is 45.4 Å². The molecule has 116 valence electrons. The van der Waals surface area contributed by atoms with Crippen LogP contribution in [0.3, 0.4) is 0 Å². The van der Waals surface area contributed by atoms with Gasteiger partial charge in [-0.25, -0.2) is 0 Å². The van der Waals surface area contributed by atoms with E-state index in [4.69, 9.17) is 0 Å². The van der Waals surface area contributed by atoms with Crippen LogP contribution in [-0.4, -0.2) is 35.0 Å². The van der Waals surface area contributed by atoms with Gasteiger partial charge in [-0.15, -0.1) is 0 Å². The van der Waals surface area contributed by atoms with Gasteiger partial charge in [-0.3, -0.25) is 9.59 Å². The molecule has 1 saturated carbocycles. The van der Waals surface area contributed by atoms with Crippen molar-refractivity contribution in [1.29, 1.82) is 0 Å². The standard InChI is InChI=1S/C15H23N3O3/c1-2-9-18(15(20)12-6-4-3-5-7-12)11-14(19)16-13-8-10-21-17-13/h8,10,12H,2-7,9,11H2,1H3,(H,16,17,19). The van der Waals surface area contributed by atoms with Gasteiger partial charge in [0.05, 0.1) is 6.54 Å². The third-order valence-electron chi connectivity index (χ3n) is 3.80. The topological polar surface area (TPSA) is 75.4 Å². The number of rotatable bonds is 6. The summed E-state index contributed by atoms with van der Waals surface area (Å²) in [7, 11) is 0. The molecule has 6 heteroatoms. The van der Waals surface area contributed by atoms with E-state index in [0.717, 1.165) is 32.1 Å². The first kappa shape index (κ1) is 15.5. The lowest BCUT2D eigenvalue weighted by atomic mass is 9.88. The maximum absolute atomic E-state index is 12.5. The Morgan fingerprint density at radius 2 is 2.14 bits per heavy atom. The van der Waals surface area contributed by atoms with Crippen LogP contribution in [0.25, 0.3) is 0 Å². The van der Waals surface area contributed by atoms with Gasteiger partial charge in [0.15, 0.2) is 5.82 Å². The molecule has 0 aliphatic heterocycles. The monoisotopic (exact) mass is 293 g/mol. The van der Waals surface area contributed by atoms with Crippen LogP contribution in [0.4, 0.5) is 5.82 Å². The van der Waals surface area contributed by atoms with Crippen molar-refractivity contribution < 1.29 is 14.1 Å². The minimum absolute atomic E-state index is 0.0794. The molecule has 0 spiro atoms. The maximum Gasteiger partial charge on any atom is 0.245 e. The van der Waals surface area contributed by atoms with E-state index in [2.05, 4.69) is 15.0 Å². The zero-order valence-corrected chi connectivity index (χ0v) is 12.5. The van der Waals surface area contributed by atoms with Gasteiger partial charge < -0.3 is 14.7 Å². The number of amides is 2. The molecule has 1 aromatic heterocycles. The van der Waals surface area contributed by atoms with Crippen LogP contribution < -0.4 is 5.32 Å². The van der Waals surface area contributed by atoms with Gasteiger partial charge in [-0.2, -0.15) is 0 Å². The smallest absolute Gasteiger partial charge is 0.245 e. The number of hydrogen-bond acceptors (Lipinski definition) is 4. The molecule has 2 amide bonds. The predicted octanol–water partition coefficient (Wildman–Crippen LogP) is 2.43. The Hall–Kier alpha value is -1.85. The minimum atomic E-state index is -0.235. The summed E-state index contributed by atoms with van der Waals surface area (Å²) in [5, 5.41) is 6.26. The number of nitrogens with zero attached hydrogens (tertiary/aromatic N) is 2. The molecular formula is C15H23N3O3. The second-order valence-electron chi connectivity index (χ2n) is 5.53. The average Bonchev–Trinajstić information content (AvgIpc) is 3.00. The maximum atomic E-state index is 12.5. The minimum Gasteiger partial charge on any atom is -0.363 e. The normalized spacial score (nSPS) is 15.7. The molecule has 2 rings (SSSR count). The first-order valence-corrected chi connectivity index (χ1v) is 7.69. The van der Waals surface area contributed by atoms with E-state index in [0.29, 0.717) is 12.4 Å². The number of aromatic nitrogens is 1. The number of carbonyl (C=O) groups is 2. The lowest BCUT2D eigenvalue weighted by Gasteiger charge is -2.28. The Labute approximate surface area is 124 Å². The van der Waals surface area contributed by atoms with Crippen LogP contribution in [0.5, 0.6) is 0 Å². The van der Waals surface area contributed by atoms with Gasteiger partial charge in [0, 0.05) is 18.5 Å². The van der Waals surface area contributed by atoms with Crippen LogP contribution in [0, 0.1) is 5.92 Å². The van der Waals surface area contributed by atoms with Gasteiger partial charge >= 0.3 is 0 Å². The molecule has 0 radical (unpaired) electrons. The van der Waals surface area contributed by atoms with Gasteiger partial charge in [0.2, 0.25) is 11.8 Å². The van der Waals surface area contributed by atoms with Gasteiger partial charge in [0.25, 0.3) is 0 Å². The molecule has 1 aliphatic carbocycles. The number of hydrogen-bond donors (Lipinski definition) is 1. The number of carbonyl (C=O) groups excluding carboxylic acids is 2. The van der Waals surface area contributed by atoms with Crippen LogP contribution in [0.1, 0.15) is 45.4 Å². The van der Waals surface area contributed by atoms with E-state index in [9.17, 15) is 9.59 Å². The van der Waals surface area contributed by atoms with Crippen LogP contribution in [-0.2, 0) is 9.59 Å². The number of anilines is 1. The lowest BCUT2D eigenvalue weighted by Crippen LogP contribution is -2.42. The fraction of sp³-hybridized carbons (Fsp3) is 0.667. The third kappa shape index (κ3) is 4.58. The molecule has 21 heavy (non-hydrogen) atoms. The van der Waals surface area contributed by atoms with Gasteiger partial charge in [-0.05, 0) is 19.3 Å². The largest absolute Gasteiger partial charge is 0.363 e. The predicted molar refractivity (Wildman–Crippen MR) is 78.6 cm³/mol. The SMILES string of the molecule is CCCN(CC(=O)Nc1ccon1)C(=O)C1CCCCC1. The second kappa shape index (κ2) is 7.81.